The van der Waals surface area contributed by atoms with Gasteiger partial charge in [-0.3, -0.25) is 9.97 Å². The standard InChI is InChI=1S/C30H25F5N4O2/c31-28(32)40-24-6-10-37-23-4-3-19(13-20(23)24)39-11-7-29(8-12-39)14-18(15-29)25-26(38-41-27(25)17-1-2-17)21-16-36-9-5-22(21)30(33,34)35/h3-6,9-10,13-14,16-17,28H,1-2,7-8,11-12,15H2. The Morgan fingerprint density at radius 3 is 2.54 bits per heavy atom. The van der Waals surface area contributed by atoms with Gasteiger partial charge in [0, 0.05) is 59.8 Å². The molecule has 1 aromatic carbocycles. The van der Waals surface area contributed by atoms with Crippen LogP contribution in [0.15, 0.2) is 59.5 Å². The fourth-order valence-electron chi connectivity index (χ4n) is 6.17. The number of ether oxygens (including phenoxy) is 1. The minimum absolute atomic E-state index is 0.0641. The average molecular weight is 569 g/mol. The average Bonchev–Trinajstić information content (AvgIpc) is 3.69. The van der Waals surface area contributed by atoms with Gasteiger partial charge in [0.2, 0.25) is 0 Å². The van der Waals surface area contributed by atoms with Gasteiger partial charge in [0.25, 0.3) is 0 Å². The van der Waals surface area contributed by atoms with Gasteiger partial charge < -0.3 is 14.2 Å². The van der Waals surface area contributed by atoms with E-state index in [4.69, 9.17) is 9.26 Å². The first-order valence-corrected chi connectivity index (χ1v) is 13.5. The van der Waals surface area contributed by atoms with Crippen LogP contribution in [-0.4, -0.2) is 34.8 Å². The Bertz CT molecular complexity index is 1650. The van der Waals surface area contributed by atoms with Gasteiger partial charge in [-0.05, 0) is 73.4 Å². The summed E-state index contributed by atoms with van der Waals surface area (Å²) in [6.45, 7) is -1.44. The molecule has 212 valence electrons. The molecule has 3 aromatic heterocycles. The van der Waals surface area contributed by atoms with Gasteiger partial charge in [0.05, 0.1) is 11.1 Å². The molecule has 0 N–H and O–H groups in total. The number of nitrogens with zero attached hydrogens (tertiary/aromatic N) is 4. The molecule has 7 rings (SSSR count). The first-order valence-electron chi connectivity index (χ1n) is 13.5. The molecule has 1 saturated carbocycles. The zero-order valence-electron chi connectivity index (χ0n) is 21.8. The van der Waals surface area contributed by atoms with E-state index in [-0.39, 0.29) is 28.3 Å². The van der Waals surface area contributed by atoms with Crippen LogP contribution in [0.4, 0.5) is 27.6 Å². The molecule has 3 aliphatic rings. The van der Waals surface area contributed by atoms with E-state index in [9.17, 15) is 22.0 Å². The highest BCUT2D eigenvalue weighted by molar-refractivity contribution is 5.88. The molecular formula is C30H25F5N4O2. The number of halogens is 5. The highest BCUT2D eigenvalue weighted by Gasteiger charge is 2.45. The number of benzene rings is 1. The minimum Gasteiger partial charge on any atom is -0.434 e. The summed E-state index contributed by atoms with van der Waals surface area (Å²) in [6.07, 6.45) is 5.73. The maximum atomic E-state index is 13.8. The van der Waals surface area contributed by atoms with E-state index in [1.807, 2.05) is 12.1 Å². The molecule has 0 atom stereocenters. The molecule has 0 radical (unpaired) electrons. The second kappa shape index (κ2) is 9.53. The summed E-state index contributed by atoms with van der Waals surface area (Å²) in [7, 11) is 0. The van der Waals surface area contributed by atoms with Crippen LogP contribution in [0.2, 0.25) is 0 Å². The van der Waals surface area contributed by atoms with Crippen LogP contribution < -0.4 is 9.64 Å². The molecule has 4 heterocycles. The summed E-state index contributed by atoms with van der Waals surface area (Å²) < 4.78 is 77.6. The first kappa shape index (κ1) is 25.9. The molecule has 6 nitrogen and oxygen atoms in total. The lowest BCUT2D eigenvalue weighted by Crippen LogP contribution is -2.42. The zero-order chi connectivity index (χ0) is 28.4. The van der Waals surface area contributed by atoms with E-state index in [1.54, 1.807) is 6.07 Å². The van der Waals surface area contributed by atoms with Crippen LogP contribution >= 0.6 is 0 Å². The van der Waals surface area contributed by atoms with Gasteiger partial charge in [-0.25, -0.2) is 0 Å². The highest BCUT2D eigenvalue weighted by atomic mass is 19.4. The molecule has 4 aromatic rings. The van der Waals surface area contributed by atoms with Gasteiger partial charge in [0.1, 0.15) is 17.2 Å². The number of aromatic nitrogens is 3. The third kappa shape index (κ3) is 4.70. The molecule has 0 unspecified atom stereocenters. The van der Waals surface area contributed by atoms with Crippen molar-refractivity contribution in [3.63, 3.8) is 0 Å². The molecule has 2 fully saturated rings. The van der Waals surface area contributed by atoms with E-state index < -0.39 is 18.4 Å². The van der Waals surface area contributed by atoms with Crippen LogP contribution in [0.3, 0.4) is 0 Å². The molecule has 0 bridgehead atoms. The predicted octanol–water partition coefficient (Wildman–Crippen LogP) is 7.86. The van der Waals surface area contributed by atoms with Crippen molar-refractivity contribution < 1.29 is 31.2 Å². The summed E-state index contributed by atoms with van der Waals surface area (Å²) in [5.74, 6) is 0.935. The Morgan fingerprint density at radius 1 is 1.05 bits per heavy atom. The number of anilines is 1. The van der Waals surface area contributed by atoms with Crippen LogP contribution in [0, 0.1) is 5.41 Å². The Kier molecular flexibility index (Phi) is 6.02. The van der Waals surface area contributed by atoms with Crippen molar-refractivity contribution >= 4 is 22.2 Å². The molecule has 41 heavy (non-hydrogen) atoms. The Balaban J connectivity index is 1.14. The number of allylic oxidation sites excluding steroid dienone is 2. The number of rotatable bonds is 6. The smallest absolute Gasteiger partial charge is 0.417 e. The normalized spacial score (nSPS) is 18.6. The van der Waals surface area contributed by atoms with Crippen LogP contribution in [0.1, 0.15) is 54.9 Å². The Morgan fingerprint density at radius 2 is 1.83 bits per heavy atom. The van der Waals surface area contributed by atoms with Crippen molar-refractivity contribution in [3.8, 4) is 17.0 Å². The number of piperidine rings is 1. The molecule has 2 aliphatic carbocycles. The number of hydrogen-bond acceptors (Lipinski definition) is 6. The third-order valence-corrected chi connectivity index (χ3v) is 8.42. The van der Waals surface area contributed by atoms with Crippen molar-refractivity contribution in [1.82, 2.24) is 15.1 Å². The maximum absolute atomic E-state index is 13.8. The summed E-state index contributed by atoms with van der Waals surface area (Å²) in [4.78, 5) is 10.4. The summed E-state index contributed by atoms with van der Waals surface area (Å²) in [6, 6.07) is 7.97. The van der Waals surface area contributed by atoms with Crippen molar-refractivity contribution in [1.29, 1.82) is 0 Å². The van der Waals surface area contributed by atoms with Crippen LogP contribution in [0.5, 0.6) is 5.75 Å². The molecule has 1 spiro atoms. The summed E-state index contributed by atoms with van der Waals surface area (Å²) in [5, 5.41) is 4.66. The van der Waals surface area contributed by atoms with Crippen LogP contribution in [-0.2, 0) is 6.18 Å². The SMILES string of the molecule is FC(F)Oc1ccnc2ccc(N3CCC4(C=C(c5c(-c6cnccc6C(F)(F)F)noc5C5CC5)C4)CC3)cc12. The second-order valence-corrected chi connectivity index (χ2v) is 11.0. The fraction of sp³-hybridized carbons (Fsp3) is 0.367. The summed E-state index contributed by atoms with van der Waals surface area (Å²) in [5.41, 5.74) is 2.43. The van der Waals surface area contributed by atoms with Crippen molar-refractivity contribution in [2.24, 2.45) is 5.41 Å². The lowest BCUT2D eigenvalue weighted by molar-refractivity contribution is -0.137. The first-order chi connectivity index (χ1) is 19.7. The zero-order valence-corrected chi connectivity index (χ0v) is 21.8. The lowest BCUT2D eigenvalue weighted by Gasteiger charge is -2.47. The van der Waals surface area contributed by atoms with Crippen molar-refractivity contribution in [2.45, 2.75) is 50.8 Å². The van der Waals surface area contributed by atoms with E-state index >= 15 is 0 Å². The minimum atomic E-state index is -4.54. The molecular weight excluding hydrogens is 543 g/mol. The van der Waals surface area contributed by atoms with Gasteiger partial charge in [-0.1, -0.05) is 11.2 Å². The Hall–Kier alpha value is -4.02. The number of fused-ring (bicyclic) bond motifs is 1. The number of alkyl halides is 5. The summed E-state index contributed by atoms with van der Waals surface area (Å²) >= 11 is 0. The molecule has 1 aliphatic heterocycles. The van der Waals surface area contributed by atoms with Crippen molar-refractivity contribution in [2.75, 3.05) is 18.0 Å². The maximum Gasteiger partial charge on any atom is 0.417 e. The molecule has 1 saturated heterocycles. The predicted molar refractivity (Wildman–Crippen MR) is 142 cm³/mol. The number of pyridine rings is 2. The van der Waals surface area contributed by atoms with E-state index in [0.29, 0.717) is 22.2 Å². The Labute approximate surface area is 231 Å². The van der Waals surface area contributed by atoms with Gasteiger partial charge in [-0.2, -0.15) is 22.0 Å². The van der Waals surface area contributed by atoms with Crippen molar-refractivity contribution in [3.05, 3.63) is 71.9 Å². The topological polar surface area (TPSA) is 64.3 Å². The van der Waals surface area contributed by atoms with E-state index in [0.717, 1.165) is 68.7 Å². The fourth-order valence-corrected chi connectivity index (χ4v) is 6.17. The lowest BCUT2D eigenvalue weighted by atomic mass is 9.63. The van der Waals surface area contributed by atoms with Gasteiger partial charge >= 0.3 is 12.8 Å². The highest BCUT2D eigenvalue weighted by Crippen LogP contribution is 2.56. The molecule has 11 heteroatoms. The largest absolute Gasteiger partial charge is 0.434 e. The molecule has 0 amide bonds. The third-order valence-electron chi connectivity index (χ3n) is 8.42. The van der Waals surface area contributed by atoms with E-state index in [2.05, 4.69) is 26.1 Å². The number of hydrogen-bond donors (Lipinski definition) is 0. The quantitative estimate of drug-likeness (QED) is 0.221. The van der Waals surface area contributed by atoms with Gasteiger partial charge in [-0.15, -0.1) is 0 Å². The van der Waals surface area contributed by atoms with Crippen LogP contribution in [0.25, 0.3) is 27.7 Å². The van der Waals surface area contributed by atoms with Gasteiger partial charge in [0.15, 0.2) is 0 Å². The van der Waals surface area contributed by atoms with E-state index in [1.165, 1.54) is 18.5 Å². The monoisotopic (exact) mass is 568 g/mol. The second-order valence-electron chi connectivity index (χ2n) is 11.0.